The highest BCUT2D eigenvalue weighted by atomic mass is 79.9. The zero-order valence-corrected chi connectivity index (χ0v) is 10.7. The van der Waals surface area contributed by atoms with E-state index in [1.54, 1.807) is 7.11 Å². The molecule has 0 aliphatic carbocycles. The lowest BCUT2D eigenvalue weighted by Gasteiger charge is -2.12. The van der Waals surface area contributed by atoms with Gasteiger partial charge in [-0.2, -0.15) is 0 Å². The van der Waals surface area contributed by atoms with Crippen molar-refractivity contribution in [3.05, 3.63) is 28.2 Å². The first-order chi connectivity index (χ1) is 7.67. The first-order valence-electron chi connectivity index (χ1n) is 4.99. The third-order valence-corrected chi connectivity index (χ3v) is 2.64. The van der Waals surface area contributed by atoms with Gasteiger partial charge in [0.2, 0.25) is 0 Å². The highest BCUT2D eigenvalue weighted by Gasteiger charge is 2.05. The van der Waals surface area contributed by atoms with Crippen LogP contribution in [0.2, 0.25) is 0 Å². The van der Waals surface area contributed by atoms with Crippen molar-refractivity contribution in [2.75, 3.05) is 20.3 Å². The molecule has 0 heterocycles. The zero-order valence-electron chi connectivity index (χ0n) is 9.11. The molecule has 3 N–H and O–H groups in total. The molecule has 0 fully saturated rings. The predicted molar refractivity (Wildman–Crippen MR) is 65.5 cm³/mol. The van der Waals surface area contributed by atoms with Crippen molar-refractivity contribution in [1.82, 2.24) is 5.32 Å². The Labute approximate surface area is 103 Å². The van der Waals surface area contributed by atoms with Crippen molar-refractivity contribution in [3.63, 3.8) is 0 Å². The molecule has 0 bridgehead atoms. The van der Waals surface area contributed by atoms with Crippen molar-refractivity contribution in [2.24, 2.45) is 0 Å². The van der Waals surface area contributed by atoms with Gasteiger partial charge in [-0.1, -0.05) is 15.9 Å². The van der Waals surface area contributed by atoms with Crippen LogP contribution in [0.1, 0.15) is 5.56 Å². The van der Waals surface area contributed by atoms with Crippen LogP contribution in [0.4, 0.5) is 0 Å². The zero-order chi connectivity index (χ0) is 12.0. The first-order valence-corrected chi connectivity index (χ1v) is 5.78. The second-order valence-corrected chi connectivity index (χ2v) is 4.34. The number of aliphatic hydroxyl groups excluding tert-OH is 2. The predicted octanol–water partition coefficient (Wildman–Crippen LogP) is 0.900. The molecule has 1 aromatic carbocycles. The lowest BCUT2D eigenvalue weighted by atomic mass is 10.2. The van der Waals surface area contributed by atoms with E-state index >= 15 is 0 Å². The van der Waals surface area contributed by atoms with Gasteiger partial charge in [0.1, 0.15) is 5.75 Å². The van der Waals surface area contributed by atoms with Gasteiger partial charge >= 0.3 is 0 Å². The van der Waals surface area contributed by atoms with Gasteiger partial charge in [-0.15, -0.1) is 0 Å². The highest BCUT2D eigenvalue weighted by molar-refractivity contribution is 9.10. The van der Waals surface area contributed by atoms with Gasteiger partial charge in [0.25, 0.3) is 0 Å². The Morgan fingerprint density at radius 2 is 2.25 bits per heavy atom. The van der Waals surface area contributed by atoms with Crippen LogP contribution in [0.5, 0.6) is 5.75 Å². The summed E-state index contributed by atoms with van der Waals surface area (Å²) in [4.78, 5) is 0. The van der Waals surface area contributed by atoms with Crippen molar-refractivity contribution in [3.8, 4) is 5.75 Å². The smallest absolute Gasteiger partial charge is 0.123 e. The SMILES string of the molecule is COc1ccc(Br)cc1CNCC(O)CO. The molecule has 0 aliphatic rings. The van der Waals surface area contributed by atoms with Crippen LogP contribution in [0.15, 0.2) is 22.7 Å². The van der Waals surface area contributed by atoms with E-state index in [0.29, 0.717) is 13.1 Å². The molecule has 0 radical (unpaired) electrons. The summed E-state index contributed by atoms with van der Waals surface area (Å²) in [6, 6.07) is 5.74. The molecule has 90 valence electrons. The summed E-state index contributed by atoms with van der Waals surface area (Å²) < 4.78 is 6.19. The summed E-state index contributed by atoms with van der Waals surface area (Å²) in [7, 11) is 1.62. The quantitative estimate of drug-likeness (QED) is 0.728. The monoisotopic (exact) mass is 289 g/mol. The fraction of sp³-hybridized carbons (Fsp3) is 0.455. The van der Waals surface area contributed by atoms with Crippen LogP contribution < -0.4 is 10.1 Å². The van der Waals surface area contributed by atoms with Crippen LogP contribution in [0.3, 0.4) is 0 Å². The highest BCUT2D eigenvalue weighted by Crippen LogP contribution is 2.22. The summed E-state index contributed by atoms with van der Waals surface area (Å²) in [5, 5.41) is 20.9. The fourth-order valence-electron chi connectivity index (χ4n) is 1.32. The average molecular weight is 290 g/mol. The molecule has 1 atom stereocenters. The molecule has 16 heavy (non-hydrogen) atoms. The topological polar surface area (TPSA) is 61.7 Å². The van der Waals surface area contributed by atoms with Gasteiger partial charge in [0.05, 0.1) is 19.8 Å². The number of rotatable bonds is 6. The van der Waals surface area contributed by atoms with Gasteiger partial charge in [-0.3, -0.25) is 0 Å². The van der Waals surface area contributed by atoms with Gasteiger partial charge in [0.15, 0.2) is 0 Å². The average Bonchev–Trinajstić information content (AvgIpc) is 2.29. The molecule has 0 spiro atoms. The molecule has 5 heteroatoms. The third-order valence-electron chi connectivity index (χ3n) is 2.15. The van der Waals surface area contributed by atoms with E-state index in [9.17, 15) is 0 Å². The van der Waals surface area contributed by atoms with Crippen LogP contribution >= 0.6 is 15.9 Å². The Balaban J connectivity index is 2.55. The maximum atomic E-state index is 9.16. The van der Waals surface area contributed by atoms with Crippen LogP contribution in [-0.4, -0.2) is 36.6 Å². The summed E-state index contributed by atoms with van der Waals surface area (Å²) >= 11 is 3.39. The molecule has 1 aromatic rings. The fourth-order valence-corrected chi connectivity index (χ4v) is 1.73. The van der Waals surface area contributed by atoms with Crippen LogP contribution in [0, 0.1) is 0 Å². The Hall–Kier alpha value is -0.620. The van der Waals surface area contributed by atoms with Gasteiger partial charge in [0, 0.05) is 23.1 Å². The van der Waals surface area contributed by atoms with E-state index in [1.807, 2.05) is 18.2 Å². The van der Waals surface area contributed by atoms with Gasteiger partial charge in [-0.25, -0.2) is 0 Å². The molecular formula is C11H16BrNO3. The largest absolute Gasteiger partial charge is 0.496 e. The van der Waals surface area contributed by atoms with E-state index < -0.39 is 6.10 Å². The number of methoxy groups -OCH3 is 1. The molecule has 0 aromatic heterocycles. The molecule has 1 rings (SSSR count). The van der Waals surface area contributed by atoms with E-state index in [0.717, 1.165) is 15.8 Å². The normalized spacial score (nSPS) is 12.5. The second kappa shape index (κ2) is 6.85. The molecule has 4 nitrogen and oxygen atoms in total. The standard InChI is InChI=1S/C11H16BrNO3/c1-16-11-3-2-9(12)4-8(11)5-13-6-10(15)7-14/h2-4,10,13-15H,5-7H2,1H3. The first kappa shape index (κ1) is 13.4. The minimum atomic E-state index is -0.724. The Morgan fingerprint density at radius 1 is 1.50 bits per heavy atom. The van der Waals surface area contributed by atoms with E-state index in [4.69, 9.17) is 14.9 Å². The Morgan fingerprint density at radius 3 is 2.88 bits per heavy atom. The summed E-state index contributed by atoms with van der Waals surface area (Å²) in [6.07, 6.45) is -0.724. The molecule has 0 saturated heterocycles. The van der Waals surface area contributed by atoms with E-state index in [1.165, 1.54) is 0 Å². The molecule has 1 unspecified atom stereocenters. The second-order valence-electron chi connectivity index (χ2n) is 3.42. The third kappa shape index (κ3) is 4.09. The molecule has 0 amide bonds. The number of hydrogen-bond donors (Lipinski definition) is 3. The number of hydrogen-bond acceptors (Lipinski definition) is 4. The van der Waals surface area contributed by atoms with Crippen molar-refractivity contribution in [1.29, 1.82) is 0 Å². The Bertz CT molecular complexity index is 333. The molecule has 0 aliphatic heterocycles. The Kier molecular flexibility index (Phi) is 5.76. The maximum absolute atomic E-state index is 9.16. The summed E-state index contributed by atoms with van der Waals surface area (Å²) in [6.45, 7) is 0.703. The van der Waals surface area contributed by atoms with Crippen molar-refractivity contribution >= 4 is 15.9 Å². The molecule has 0 saturated carbocycles. The van der Waals surface area contributed by atoms with E-state index in [-0.39, 0.29) is 6.61 Å². The summed E-state index contributed by atoms with van der Waals surface area (Å²) in [5.41, 5.74) is 1.00. The number of nitrogens with one attached hydrogen (secondary N) is 1. The lowest BCUT2D eigenvalue weighted by molar-refractivity contribution is 0.0942. The number of ether oxygens (including phenoxy) is 1. The number of halogens is 1. The minimum absolute atomic E-state index is 0.234. The van der Waals surface area contributed by atoms with Crippen molar-refractivity contribution < 1.29 is 14.9 Å². The van der Waals surface area contributed by atoms with Crippen molar-refractivity contribution in [2.45, 2.75) is 12.6 Å². The van der Waals surface area contributed by atoms with E-state index in [2.05, 4.69) is 21.2 Å². The van der Waals surface area contributed by atoms with Gasteiger partial charge in [-0.05, 0) is 18.2 Å². The lowest BCUT2D eigenvalue weighted by Crippen LogP contribution is -2.29. The maximum Gasteiger partial charge on any atom is 0.123 e. The molecular weight excluding hydrogens is 274 g/mol. The summed E-state index contributed by atoms with van der Waals surface area (Å²) in [5.74, 6) is 0.800. The minimum Gasteiger partial charge on any atom is -0.496 e. The van der Waals surface area contributed by atoms with Crippen LogP contribution in [-0.2, 0) is 6.54 Å². The number of benzene rings is 1. The van der Waals surface area contributed by atoms with Crippen LogP contribution in [0.25, 0.3) is 0 Å². The number of aliphatic hydroxyl groups is 2. The van der Waals surface area contributed by atoms with Gasteiger partial charge < -0.3 is 20.3 Å².